The number of hydrogen-bond donors (Lipinski definition) is 2. The first kappa shape index (κ1) is 9.87. The summed E-state index contributed by atoms with van der Waals surface area (Å²) in [6, 6.07) is 0. The highest BCUT2D eigenvalue weighted by Gasteiger charge is 1.98. The second-order valence-electron chi connectivity index (χ2n) is 1.52. The largest absolute Gasteiger partial charge is 0.362 e. The lowest BCUT2D eigenvalue weighted by molar-refractivity contribution is 0.618. The Kier molecular flexibility index (Phi) is 6.89. The zero-order chi connectivity index (χ0) is 7.82. The summed E-state index contributed by atoms with van der Waals surface area (Å²) in [4.78, 5) is 0. The lowest BCUT2D eigenvalue weighted by Crippen LogP contribution is -2.40. The summed E-state index contributed by atoms with van der Waals surface area (Å²) < 4.78 is 0. The van der Waals surface area contributed by atoms with E-state index in [1.807, 2.05) is 0 Å². The molecule has 0 amide bonds. The molecule has 0 saturated carbocycles. The van der Waals surface area contributed by atoms with Gasteiger partial charge >= 0.3 is 0 Å². The first-order valence-electron chi connectivity index (χ1n) is 2.68. The van der Waals surface area contributed by atoms with Crippen molar-refractivity contribution in [1.82, 2.24) is 10.6 Å². The Morgan fingerprint density at radius 3 is 1.90 bits per heavy atom. The highest BCUT2D eigenvalue weighted by molar-refractivity contribution is 7.79. The molecule has 0 aromatic rings. The van der Waals surface area contributed by atoms with Gasteiger partial charge in [0, 0.05) is 6.42 Å². The van der Waals surface area contributed by atoms with Gasteiger partial charge in [-0.15, -0.1) is 0 Å². The lowest BCUT2D eigenvalue weighted by atomic mass is 10.4. The van der Waals surface area contributed by atoms with Crippen molar-refractivity contribution in [2.24, 2.45) is 0 Å². The third kappa shape index (κ3) is 4.72. The van der Waals surface area contributed by atoms with Gasteiger partial charge in [0.1, 0.15) is 6.17 Å². The Labute approximate surface area is 76.4 Å². The lowest BCUT2D eigenvalue weighted by Gasteiger charge is -2.12. The Hall–Kier alpha value is -0.130. The number of rotatable bonds is 6. The van der Waals surface area contributed by atoms with Gasteiger partial charge in [0.2, 0.25) is 0 Å². The Morgan fingerprint density at radius 1 is 1.10 bits per heavy atom. The van der Waals surface area contributed by atoms with E-state index in [9.17, 15) is 0 Å². The normalized spacial score (nSPS) is 8.50. The van der Waals surface area contributed by atoms with E-state index in [0.29, 0.717) is 0 Å². The Morgan fingerprint density at radius 2 is 1.60 bits per heavy atom. The van der Waals surface area contributed by atoms with E-state index in [0.717, 1.165) is 6.42 Å². The van der Waals surface area contributed by atoms with E-state index in [-0.39, 0.29) is 6.17 Å². The summed E-state index contributed by atoms with van der Waals surface area (Å²) in [6.07, 6.45) is 0.766. The van der Waals surface area contributed by atoms with Gasteiger partial charge in [0.25, 0.3) is 0 Å². The molecule has 2 N–H and O–H groups in total. The van der Waals surface area contributed by atoms with Crippen LogP contribution in [0.1, 0.15) is 6.42 Å². The SMILES string of the molecule is S=CCC(NC=S)NC=S. The van der Waals surface area contributed by atoms with Crippen LogP contribution < -0.4 is 10.6 Å². The van der Waals surface area contributed by atoms with E-state index in [4.69, 9.17) is 0 Å². The van der Waals surface area contributed by atoms with Crippen molar-refractivity contribution in [2.75, 3.05) is 0 Å². The summed E-state index contributed by atoms with van der Waals surface area (Å²) in [5, 5.41) is 7.36. The molecule has 10 heavy (non-hydrogen) atoms. The number of thiocarbonyl (C=S) groups is 3. The van der Waals surface area contributed by atoms with Crippen LogP contribution in [0.15, 0.2) is 0 Å². The van der Waals surface area contributed by atoms with Gasteiger partial charge < -0.3 is 10.6 Å². The van der Waals surface area contributed by atoms with Crippen molar-refractivity contribution in [3.63, 3.8) is 0 Å². The maximum Gasteiger partial charge on any atom is 0.101 e. The van der Waals surface area contributed by atoms with E-state index in [1.54, 1.807) is 5.37 Å². The number of nitrogens with one attached hydrogen (secondary N) is 2. The van der Waals surface area contributed by atoms with Crippen LogP contribution in [0.3, 0.4) is 0 Å². The molecule has 0 unspecified atom stereocenters. The minimum atomic E-state index is 0.0486. The molecule has 0 aliphatic rings. The first-order chi connectivity index (χ1) is 4.85. The zero-order valence-corrected chi connectivity index (χ0v) is 7.69. The van der Waals surface area contributed by atoms with Crippen molar-refractivity contribution < 1.29 is 0 Å². The maximum atomic E-state index is 4.66. The van der Waals surface area contributed by atoms with Crippen molar-refractivity contribution >= 4 is 53.0 Å². The van der Waals surface area contributed by atoms with Crippen molar-refractivity contribution in [2.45, 2.75) is 12.6 Å². The van der Waals surface area contributed by atoms with Crippen LogP contribution in [-0.2, 0) is 0 Å². The summed E-state index contributed by atoms with van der Waals surface area (Å²) >= 11 is 13.8. The number of hydrogen-bond acceptors (Lipinski definition) is 3. The smallest absolute Gasteiger partial charge is 0.101 e. The molecular formula is C5H8N2S3. The van der Waals surface area contributed by atoms with Gasteiger partial charge in [-0.1, -0.05) is 36.7 Å². The van der Waals surface area contributed by atoms with Gasteiger partial charge in [0.15, 0.2) is 0 Å². The van der Waals surface area contributed by atoms with Gasteiger partial charge in [-0.25, -0.2) is 0 Å². The molecule has 0 saturated heterocycles. The summed E-state index contributed by atoms with van der Waals surface area (Å²) in [5.41, 5.74) is 2.88. The second kappa shape index (κ2) is 6.98. The molecule has 0 spiro atoms. The second-order valence-corrected chi connectivity index (χ2v) is 2.33. The predicted molar refractivity (Wildman–Crippen MR) is 55.6 cm³/mol. The molecular weight excluding hydrogens is 184 g/mol. The monoisotopic (exact) mass is 192 g/mol. The van der Waals surface area contributed by atoms with E-state index >= 15 is 0 Å². The molecule has 0 heterocycles. The summed E-state index contributed by atoms with van der Waals surface area (Å²) in [7, 11) is 0. The summed E-state index contributed by atoms with van der Waals surface area (Å²) in [6.45, 7) is 0. The molecule has 0 fully saturated rings. The molecule has 56 valence electrons. The molecule has 0 aliphatic carbocycles. The third-order valence-electron chi connectivity index (χ3n) is 0.870. The van der Waals surface area contributed by atoms with Crippen LogP contribution in [0.25, 0.3) is 0 Å². The highest BCUT2D eigenvalue weighted by atomic mass is 32.1. The fraction of sp³-hybridized carbons (Fsp3) is 0.400. The highest BCUT2D eigenvalue weighted by Crippen LogP contribution is 1.81. The third-order valence-corrected chi connectivity index (χ3v) is 1.33. The molecule has 0 atom stereocenters. The van der Waals surface area contributed by atoms with Gasteiger partial charge in [-0.2, -0.15) is 0 Å². The molecule has 2 nitrogen and oxygen atoms in total. The Bertz CT molecular complexity index is 102. The zero-order valence-electron chi connectivity index (χ0n) is 5.24. The molecule has 0 bridgehead atoms. The van der Waals surface area contributed by atoms with Crippen LogP contribution in [-0.4, -0.2) is 22.5 Å². The average molecular weight is 192 g/mol. The topological polar surface area (TPSA) is 24.1 Å². The van der Waals surface area contributed by atoms with Crippen molar-refractivity contribution in [3.8, 4) is 0 Å². The minimum Gasteiger partial charge on any atom is -0.362 e. The van der Waals surface area contributed by atoms with Crippen molar-refractivity contribution in [1.29, 1.82) is 0 Å². The van der Waals surface area contributed by atoms with E-state index in [2.05, 4.69) is 47.3 Å². The Balaban J connectivity index is 3.58. The standard InChI is InChI=1S/C5H8N2S3/c8-2-1-5(6-3-9)7-4-10/h2-5H,1H2,(H,6,9)(H,7,10). The van der Waals surface area contributed by atoms with Crippen LogP contribution in [0.5, 0.6) is 0 Å². The van der Waals surface area contributed by atoms with Gasteiger partial charge in [-0.3, -0.25) is 0 Å². The fourth-order valence-corrected chi connectivity index (χ4v) is 0.966. The molecule has 0 aromatic heterocycles. The molecule has 0 aromatic carbocycles. The van der Waals surface area contributed by atoms with E-state index < -0.39 is 0 Å². The molecule has 5 heteroatoms. The van der Waals surface area contributed by atoms with Gasteiger partial charge in [-0.05, 0) is 5.37 Å². The molecule has 0 rings (SSSR count). The van der Waals surface area contributed by atoms with Crippen LogP contribution in [0, 0.1) is 0 Å². The average Bonchev–Trinajstić information content (AvgIpc) is 1.90. The summed E-state index contributed by atoms with van der Waals surface area (Å²) in [5.74, 6) is 0. The first-order valence-corrected chi connectivity index (χ1v) is 4.09. The van der Waals surface area contributed by atoms with Crippen molar-refractivity contribution in [3.05, 3.63) is 0 Å². The van der Waals surface area contributed by atoms with Crippen LogP contribution in [0.4, 0.5) is 0 Å². The minimum absolute atomic E-state index is 0.0486. The van der Waals surface area contributed by atoms with Gasteiger partial charge in [0.05, 0.1) is 11.0 Å². The maximum absolute atomic E-state index is 4.66. The molecule has 0 aliphatic heterocycles. The molecule has 0 radical (unpaired) electrons. The predicted octanol–water partition coefficient (Wildman–Crippen LogP) is 0.796. The fourth-order valence-electron chi connectivity index (χ4n) is 0.445. The quantitative estimate of drug-likeness (QED) is 0.479. The van der Waals surface area contributed by atoms with Crippen LogP contribution >= 0.6 is 36.7 Å². The van der Waals surface area contributed by atoms with E-state index in [1.165, 1.54) is 11.0 Å². The van der Waals surface area contributed by atoms with Crippen LogP contribution in [0.2, 0.25) is 0 Å².